The maximum Gasteiger partial charge on any atom is 0.246 e. The quantitative estimate of drug-likeness (QED) is 0.302. The van der Waals surface area contributed by atoms with E-state index in [1.807, 2.05) is 72.6 Å². The van der Waals surface area contributed by atoms with Crippen LogP contribution >= 0.6 is 11.3 Å². The molecule has 3 aromatic carbocycles. The number of piperazine rings is 1. The van der Waals surface area contributed by atoms with Crippen molar-refractivity contribution in [2.75, 3.05) is 26.2 Å². The summed E-state index contributed by atoms with van der Waals surface area (Å²) in [6, 6.07) is 25.6. The molecule has 5 aromatic rings. The Balaban J connectivity index is 1.56. The molecular formula is C32H30N6OS. The summed E-state index contributed by atoms with van der Waals surface area (Å²) in [5.41, 5.74) is 6.44. The van der Waals surface area contributed by atoms with Gasteiger partial charge in [-0.3, -0.25) is 4.79 Å². The van der Waals surface area contributed by atoms with E-state index in [1.165, 1.54) is 11.3 Å². The van der Waals surface area contributed by atoms with Gasteiger partial charge < -0.3 is 19.8 Å². The molecule has 7 nitrogen and oxygen atoms in total. The van der Waals surface area contributed by atoms with Crippen molar-refractivity contribution in [2.24, 2.45) is 4.99 Å². The van der Waals surface area contributed by atoms with Gasteiger partial charge in [0, 0.05) is 60.6 Å². The largest absolute Gasteiger partial charge is 0.361 e. The summed E-state index contributed by atoms with van der Waals surface area (Å²) in [5.74, 6) is 0.0774. The van der Waals surface area contributed by atoms with E-state index < -0.39 is 6.04 Å². The van der Waals surface area contributed by atoms with Crippen molar-refractivity contribution in [1.29, 1.82) is 5.26 Å². The fraction of sp³-hybridized carbons (Fsp3) is 0.219. The number of carbonyl (C=O) groups excluding carboxylic acids is 1. The second-order valence-corrected chi connectivity index (χ2v) is 10.9. The molecule has 0 bridgehead atoms. The van der Waals surface area contributed by atoms with Crippen molar-refractivity contribution in [3.8, 4) is 17.3 Å². The minimum absolute atomic E-state index is 0.0774. The second-order valence-electron chi connectivity index (χ2n) is 10.1. The molecule has 2 N–H and O–H groups in total. The molecule has 0 spiro atoms. The van der Waals surface area contributed by atoms with E-state index in [0.717, 1.165) is 56.9 Å². The molecule has 8 heteroatoms. The zero-order chi connectivity index (χ0) is 27.5. The maximum atomic E-state index is 14.4. The average molecular weight is 547 g/mol. The number of benzene rings is 3. The number of amides is 1. The Bertz CT molecular complexity index is 1780. The topological polar surface area (TPSA) is 89.2 Å². The van der Waals surface area contributed by atoms with Gasteiger partial charge in [-0.05, 0) is 48.4 Å². The monoisotopic (exact) mass is 546 g/mol. The number of nitrogens with one attached hydrogen (secondary N) is 2. The molecular weight excluding hydrogens is 516 g/mol. The Hall–Kier alpha value is -4.45. The Morgan fingerprint density at radius 2 is 1.90 bits per heavy atom. The third-order valence-electron chi connectivity index (χ3n) is 7.37. The number of carbonyl (C=O) groups is 1. The van der Waals surface area contributed by atoms with Gasteiger partial charge in [0.05, 0.1) is 23.0 Å². The number of aryl methyl sites for hydroxylation is 1. The molecule has 200 valence electrons. The molecule has 1 amide bonds. The lowest BCUT2D eigenvalue weighted by atomic mass is 10.0. The van der Waals surface area contributed by atoms with Crippen LogP contribution in [0.25, 0.3) is 22.2 Å². The number of nitriles is 1. The number of aromatic nitrogens is 2. The standard InChI is InChI=1S/C32H30N6OS/c1-22-6-4-9-26(16-22)36-32-38(30(21-40-32)24-8-5-7-23(17-24)19-33)29(31(39)37-14-12-34-13-15-37)18-25-20-35-28-11-3-2-10-27(25)28/h2-11,16-17,20-21,29,34-35H,12-15,18H2,1H3/b36-32-. The Morgan fingerprint density at radius 1 is 1.07 bits per heavy atom. The van der Waals surface area contributed by atoms with E-state index in [2.05, 4.69) is 38.4 Å². The fourth-order valence-electron chi connectivity index (χ4n) is 5.36. The summed E-state index contributed by atoms with van der Waals surface area (Å²) in [6.07, 6.45) is 2.53. The molecule has 1 saturated heterocycles. The molecule has 1 atom stereocenters. The molecule has 1 fully saturated rings. The number of rotatable bonds is 6. The molecule has 2 aromatic heterocycles. The molecule has 3 heterocycles. The van der Waals surface area contributed by atoms with Crippen LogP contribution in [-0.2, 0) is 11.2 Å². The minimum Gasteiger partial charge on any atom is -0.361 e. The molecule has 1 aliphatic rings. The first-order valence-electron chi connectivity index (χ1n) is 13.5. The van der Waals surface area contributed by atoms with Crippen molar-refractivity contribution in [2.45, 2.75) is 19.4 Å². The zero-order valence-corrected chi connectivity index (χ0v) is 23.1. The van der Waals surface area contributed by atoms with E-state index in [0.29, 0.717) is 25.1 Å². The van der Waals surface area contributed by atoms with Crippen molar-refractivity contribution in [1.82, 2.24) is 19.8 Å². The van der Waals surface area contributed by atoms with Gasteiger partial charge in [-0.2, -0.15) is 5.26 Å². The van der Waals surface area contributed by atoms with Gasteiger partial charge >= 0.3 is 0 Å². The third kappa shape index (κ3) is 5.22. The number of H-pyrrole nitrogens is 1. The summed E-state index contributed by atoms with van der Waals surface area (Å²) in [5, 5.41) is 16.1. The molecule has 0 radical (unpaired) electrons. The average Bonchev–Trinajstić information content (AvgIpc) is 3.60. The number of hydrogen-bond donors (Lipinski definition) is 2. The van der Waals surface area contributed by atoms with Crippen molar-refractivity contribution in [3.05, 3.63) is 106 Å². The summed E-state index contributed by atoms with van der Waals surface area (Å²) in [7, 11) is 0. The highest BCUT2D eigenvalue weighted by Gasteiger charge is 2.31. The van der Waals surface area contributed by atoms with Crippen LogP contribution in [0.1, 0.15) is 22.7 Å². The number of hydrogen-bond acceptors (Lipinski definition) is 5. The third-order valence-corrected chi connectivity index (χ3v) is 8.21. The number of aromatic amines is 1. The van der Waals surface area contributed by atoms with E-state index >= 15 is 0 Å². The predicted octanol–water partition coefficient (Wildman–Crippen LogP) is 5.33. The number of para-hydroxylation sites is 1. The van der Waals surface area contributed by atoms with E-state index in [4.69, 9.17) is 4.99 Å². The fourth-order valence-corrected chi connectivity index (χ4v) is 6.33. The highest BCUT2D eigenvalue weighted by molar-refractivity contribution is 7.07. The smallest absolute Gasteiger partial charge is 0.246 e. The van der Waals surface area contributed by atoms with Gasteiger partial charge in [0.1, 0.15) is 6.04 Å². The van der Waals surface area contributed by atoms with Crippen LogP contribution in [0, 0.1) is 18.3 Å². The number of thiazole rings is 1. The second kappa shape index (κ2) is 11.3. The molecule has 40 heavy (non-hydrogen) atoms. The summed E-state index contributed by atoms with van der Waals surface area (Å²) in [6.45, 7) is 4.93. The molecule has 6 rings (SSSR count). The lowest BCUT2D eigenvalue weighted by molar-refractivity contribution is -0.135. The van der Waals surface area contributed by atoms with Crippen LogP contribution in [0.5, 0.6) is 0 Å². The van der Waals surface area contributed by atoms with Gasteiger partial charge in [0.2, 0.25) is 5.91 Å². The van der Waals surface area contributed by atoms with Crippen LogP contribution in [0.3, 0.4) is 0 Å². The first-order chi connectivity index (χ1) is 19.6. The van der Waals surface area contributed by atoms with Crippen molar-refractivity contribution in [3.63, 3.8) is 0 Å². The van der Waals surface area contributed by atoms with Gasteiger partial charge in [-0.1, -0.05) is 42.5 Å². The van der Waals surface area contributed by atoms with Crippen LogP contribution < -0.4 is 10.1 Å². The number of fused-ring (bicyclic) bond motifs is 1. The highest BCUT2D eigenvalue weighted by Crippen LogP contribution is 2.30. The molecule has 1 aliphatic heterocycles. The predicted molar refractivity (Wildman–Crippen MR) is 159 cm³/mol. The van der Waals surface area contributed by atoms with Crippen LogP contribution in [0.15, 0.2) is 89.4 Å². The Labute approximate surface area is 237 Å². The zero-order valence-electron chi connectivity index (χ0n) is 22.3. The lowest BCUT2D eigenvalue weighted by Crippen LogP contribution is -2.49. The van der Waals surface area contributed by atoms with Gasteiger partial charge in [-0.25, -0.2) is 4.99 Å². The van der Waals surface area contributed by atoms with E-state index in [1.54, 1.807) is 6.07 Å². The Morgan fingerprint density at radius 3 is 2.73 bits per heavy atom. The van der Waals surface area contributed by atoms with Gasteiger partial charge in [0.25, 0.3) is 0 Å². The Kier molecular flexibility index (Phi) is 7.32. The SMILES string of the molecule is Cc1cccc(/N=c2\scc(-c3cccc(C#N)c3)n2C(Cc2c[nH]c3ccccc23)C(=O)N2CCNCC2)c1. The molecule has 1 unspecified atom stereocenters. The number of nitrogens with zero attached hydrogens (tertiary/aromatic N) is 4. The summed E-state index contributed by atoms with van der Waals surface area (Å²) >= 11 is 1.52. The first kappa shape index (κ1) is 25.8. The van der Waals surface area contributed by atoms with Gasteiger partial charge in [-0.15, -0.1) is 11.3 Å². The summed E-state index contributed by atoms with van der Waals surface area (Å²) in [4.78, 5) is 25.5. The normalized spacial score (nSPS) is 14.8. The van der Waals surface area contributed by atoms with Crippen LogP contribution in [-0.4, -0.2) is 46.5 Å². The highest BCUT2D eigenvalue weighted by atomic mass is 32.1. The maximum absolute atomic E-state index is 14.4. The van der Waals surface area contributed by atoms with Crippen molar-refractivity contribution < 1.29 is 4.79 Å². The minimum atomic E-state index is -0.521. The molecule has 0 saturated carbocycles. The summed E-state index contributed by atoms with van der Waals surface area (Å²) < 4.78 is 2.09. The van der Waals surface area contributed by atoms with E-state index in [9.17, 15) is 10.1 Å². The van der Waals surface area contributed by atoms with E-state index in [-0.39, 0.29) is 5.91 Å². The first-order valence-corrected chi connectivity index (χ1v) is 14.3. The lowest BCUT2D eigenvalue weighted by Gasteiger charge is -2.32. The van der Waals surface area contributed by atoms with Crippen LogP contribution in [0.4, 0.5) is 5.69 Å². The molecule has 0 aliphatic carbocycles. The van der Waals surface area contributed by atoms with Crippen molar-refractivity contribution >= 4 is 33.8 Å². The van der Waals surface area contributed by atoms with Crippen LogP contribution in [0.2, 0.25) is 0 Å². The van der Waals surface area contributed by atoms with Gasteiger partial charge in [0.15, 0.2) is 4.80 Å².